The topological polar surface area (TPSA) is 29.5 Å². The standard InChI is InChI=1S/C24H21NO2S/c1-17-8-12-20(13-9-17)25-23(26)22(16-18-10-14-21(27-2)15-11-18)28-24(25)19-6-4-3-5-7-19/h3-16,24H,1-2H3/b22-16-/t24-/m1/s1. The van der Waals surface area contributed by atoms with Gasteiger partial charge in [0.05, 0.1) is 12.0 Å². The highest BCUT2D eigenvalue weighted by Crippen LogP contribution is 2.48. The Balaban J connectivity index is 1.73. The number of anilines is 1. The van der Waals surface area contributed by atoms with Crippen LogP contribution in [-0.4, -0.2) is 13.0 Å². The number of carbonyl (C=O) groups excluding carboxylic acids is 1. The number of hydrogen-bond donors (Lipinski definition) is 0. The molecule has 0 aromatic heterocycles. The molecule has 0 N–H and O–H groups in total. The fraction of sp³-hybridized carbons (Fsp3) is 0.125. The van der Waals surface area contributed by atoms with Gasteiger partial charge >= 0.3 is 0 Å². The highest BCUT2D eigenvalue weighted by molar-refractivity contribution is 8.05. The van der Waals surface area contributed by atoms with E-state index in [-0.39, 0.29) is 11.3 Å². The number of amides is 1. The van der Waals surface area contributed by atoms with Crippen molar-refractivity contribution in [2.75, 3.05) is 12.0 Å². The minimum Gasteiger partial charge on any atom is -0.497 e. The third-order valence-electron chi connectivity index (χ3n) is 4.71. The fourth-order valence-electron chi connectivity index (χ4n) is 3.19. The molecule has 28 heavy (non-hydrogen) atoms. The number of rotatable bonds is 4. The number of carbonyl (C=O) groups is 1. The quantitative estimate of drug-likeness (QED) is 0.528. The maximum atomic E-state index is 13.3. The summed E-state index contributed by atoms with van der Waals surface area (Å²) in [6.45, 7) is 2.05. The van der Waals surface area contributed by atoms with Crippen LogP contribution in [0.1, 0.15) is 22.1 Å². The minimum atomic E-state index is -0.0825. The SMILES string of the molecule is COc1ccc(/C=C2\S[C@H](c3ccccc3)N(c3ccc(C)cc3)C2=O)cc1. The van der Waals surface area contributed by atoms with E-state index >= 15 is 0 Å². The summed E-state index contributed by atoms with van der Waals surface area (Å²) in [5, 5.41) is -0.0825. The number of nitrogens with zero attached hydrogens (tertiary/aromatic N) is 1. The highest BCUT2D eigenvalue weighted by Gasteiger charge is 2.38. The summed E-state index contributed by atoms with van der Waals surface area (Å²) in [6.07, 6.45) is 1.95. The Labute approximate surface area is 169 Å². The average Bonchev–Trinajstić information content (AvgIpc) is 3.06. The van der Waals surface area contributed by atoms with Gasteiger partial charge in [-0.1, -0.05) is 71.9 Å². The molecule has 0 bridgehead atoms. The van der Waals surface area contributed by atoms with Crippen LogP contribution >= 0.6 is 11.8 Å². The second-order valence-electron chi connectivity index (χ2n) is 6.67. The molecule has 4 rings (SSSR count). The Kier molecular flexibility index (Phi) is 5.22. The van der Waals surface area contributed by atoms with Crippen molar-refractivity contribution in [1.29, 1.82) is 0 Å². The molecule has 1 amide bonds. The normalized spacial score (nSPS) is 17.9. The van der Waals surface area contributed by atoms with Crippen molar-refractivity contribution in [2.45, 2.75) is 12.3 Å². The van der Waals surface area contributed by atoms with Gasteiger partial charge in [-0.25, -0.2) is 0 Å². The molecule has 3 aromatic rings. The van der Waals surface area contributed by atoms with Gasteiger partial charge in [-0.2, -0.15) is 0 Å². The van der Waals surface area contributed by atoms with Crippen LogP contribution in [0.25, 0.3) is 6.08 Å². The summed E-state index contributed by atoms with van der Waals surface area (Å²) < 4.78 is 5.22. The van der Waals surface area contributed by atoms with Crippen molar-refractivity contribution in [3.8, 4) is 5.75 Å². The summed E-state index contributed by atoms with van der Waals surface area (Å²) in [4.78, 5) is 15.9. The number of thioether (sulfide) groups is 1. The van der Waals surface area contributed by atoms with Gasteiger partial charge < -0.3 is 4.74 Å². The molecule has 1 aliphatic heterocycles. The highest BCUT2D eigenvalue weighted by atomic mass is 32.2. The maximum Gasteiger partial charge on any atom is 0.266 e. The summed E-state index contributed by atoms with van der Waals surface area (Å²) in [5.74, 6) is 0.828. The number of benzene rings is 3. The summed E-state index contributed by atoms with van der Waals surface area (Å²) in [7, 11) is 1.65. The van der Waals surface area contributed by atoms with E-state index in [0.717, 1.165) is 27.5 Å². The van der Waals surface area contributed by atoms with Crippen LogP contribution in [0.3, 0.4) is 0 Å². The first-order valence-corrected chi connectivity index (χ1v) is 10.0. The van der Waals surface area contributed by atoms with Gasteiger partial charge in [-0.3, -0.25) is 9.69 Å². The second-order valence-corrected chi connectivity index (χ2v) is 7.80. The Morgan fingerprint density at radius 1 is 0.929 bits per heavy atom. The van der Waals surface area contributed by atoms with Crippen LogP contribution in [0.4, 0.5) is 5.69 Å². The van der Waals surface area contributed by atoms with E-state index in [9.17, 15) is 4.79 Å². The maximum absolute atomic E-state index is 13.3. The third kappa shape index (κ3) is 3.69. The fourth-order valence-corrected chi connectivity index (χ4v) is 4.45. The largest absolute Gasteiger partial charge is 0.497 e. The number of aryl methyl sites for hydroxylation is 1. The predicted octanol–water partition coefficient (Wildman–Crippen LogP) is 5.82. The monoisotopic (exact) mass is 387 g/mol. The molecule has 3 aromatic carbocycles. The molecule has 1 saturated heterocycles. The van der Waals surface area contributed by atoms with Gasteiger partial charge in [0.25, 0.3) is 5.91 Å². The number of ether oxygens (including phenoxy) is 1. The molecule has 1 aliphatic rings. The lowest BCUT2D eigenvalue weighted by atomic mass is 10.1. The molecule has 0 saturated carbocycles. The van der Waals surface area contributed by atoms with E-state index in [1.54, 1.807) is 18.9 Å². The molecule has 1 atom stereocenters. The van der Waals surface area contributed by atoms with Crippen molar-refractivity contribution in [3.05, 3.63) is 100 Å². The number of methoxy groups -OCH3 is 1. The van der Waals surface area contributed by atoms with E-state index < -0.39 is 0 Å². The Hall–Kier alpha value is -2.98. The molecule has 0 unspecified atom stereocenters. The van der Waals surface area contributed by atoms with E-state index in [1.807, 2.05) is 84.6 Å². The van der Waals surface area contributed by atoms with E-state index in [4.69, 9.17) is 4.74 Å². The van der Waals surface area contributed by atoms with Gasteiger partial charge in [0, 0.05) is 5.69 Å². The van der Waals surface area contributed by atoms with Crippen molar-refractivity contribution >= 4 is 29.4 Å². The Bertz CT molecular complexity index is 995. The Morgan fingerprint density at radius 3 is 2.25 bits per heavy atom. The first kappa shape index (κ1) is 18.4. The number of hydrogen-bond acceptors (Lipinski definition) is 3. The lowest BCUT2D eigenvalue weighted by molar-refractivity contribution is -0.114. The molecule has 1 heterocycles. The van der Waals surface area contributed by atoms with Gasteiger partial charge in [-0.05, 0) is 48.4 Å². The summed E-state index contributed by atoms with van der Waals surface area (Å²) in [6, 6.07) is 26.0. The molecule has 0 radical (unpaired) electrons. The van der Waals surface area contributed by atoms with Gasteiger partial charge in [0.2, 0.25) is 0 Å². The third-order valence-corrected chi connectivity index (χ3v) is 5.97. The lowest BCUT2D eigenvalue weighted by Gasteiger charge is -2.23. The lowest BCUT2D eigenvalue weighted by Crippen LogP contribution is -2.27. The zero-order valence-electron chi connectivity index (χ0n) is 15.8. The van der Waals surface area contributed by atoms with Crippen LogP contribution in [0, 0.1) is 6.92 Å². The molecule has 3 nitrogen and oxygen atoms in total. The van der Waals surface area contributed by atoms with E-state index in [2.05, 4.69) is 12.1 Å². The van der Waals surface area contributed by atoms with Crippen LogP contribution in [0.5, 0.6) is 5.75 Å². The van der Waals surface area contributed by atoms with Crippen LogP contribution in [0.2, 0.25) is 0 Å². The summed E-state index contributed by atoms with van der Waals surface area (Å²) >= 11 is 1.59. The van der Waals surface area contributed by atoms with Gasteiger partial charge in [0.15, 0.2) is 0 Å². The van der Waals surface area contributed by atoms with Crippen LogP contribution in [0.15, 0.2) is 83.8 Å². The first-order valence-electron chi connectivity index (χ1n) is 9.13. The van der Waals surface area contributed by atoms with E-state index in [0.29, 0.717) is 0 Å². The predicted molar refractivity (Wildman–Crippen MR) is 116 cm³/mol. The van der Waals surface area contributed by atoms with E-state index in [1.165, 1.54) is 5.56 Å². The average molecular weight is 388 g/mol. The first-order chi connectivity index (χ1) is 13.7. The Morgan fingerprint density at radius 2 is 1.61 bits per heavy atom. The molecular weight excluding hydrogens is 366 g/mol. The second kappa shape index (κ2) is 7.95. The van der Waals surface area contributed by atoms with Crippen molar-refractivity contribution in [1.82, 2.24) is 0 Å². The zero-order chi connectivity index (χ0) is 19.5. The molecule has 0 spiro atoms. The summed E-state index contributed by atoms with van der Waals surface area (Å²) in [5.41, 5.74) is 4.18. The molecule has 4 heteroatoms. The molecular formula is C24H21NO2S. The minimum absolute atomic E-state index is 0.0264. The molecule has 0 aliphatic carbocycles. The van der Waals surface area contributed by atoms with Crippen LogP contribution in [-0.2, 0) is 4.79 Å². The smallest absolute Gasteiger partial charge is 0.266 e. The van der Waals surface area contributed by atoms with Crippen molar-refractivity contribution in [2.24, 2.45) is 0 Å². The van der Waals surface area contributed by atoms with Gasteiger partial charge in [0.1, 0.15) is 11.1 Å². The van der Waals surface area contributed by atoms with Crippen molar-refractivity contribution in [3.63, 3.8) is 0 Å². The zero-order valence-corrected chi connectivity index (χ0v) is 16.6. The molecule has 140 valence electrons. The van der Waals surface area contributed by atoms with Crippen molar-refractivity contribution < 1.29 is 9.53 Å². The van der Waals surface area contributed by atoms with Gasteiger partial charge in [-0.15, -0.1) is 0 Å². The van der Waals surface area contributed by atoms with Crippen LogP contribution < -0.4 is 9.64 Å². The molecule has 1 fully saturated rings.